The Morgan fingerprint density at radius 1 is 1.00 bits per heavy atom. The summed E-state index contributed by atoms with van der Waals surface area (Å²) in [6.45, 7) is 4.26. The third kappa shape index (κ3) is 2.09. The predicted molar refractivity (Wildman–Crippen MR) is 109 cm³/mol. The molecule has 5 rings (SSSR count). The number of aromatic amines is 1. The van der Waals surface area contributed by atoms with E-state index >= 15 is 0 Å². The third-order valence-electron chi connectivity index (χ3n) is 6.21. The van der Waals surface area contributed by atoms with Crippen molar-refractivity contribution in [1.82, 2.24) is 4.98 Å². The molecule has 1 fully saturated rings. The first kappa shape index (κ1) is 16.9. The van der Waals surface area contributed by atoms with Crippen LogP contribution >= 0.6 is 0 Å². The normalized spacial score (nSPS) is 20.5. The van der Waals surface area contributed by atoms with E-state index < -0.39 is 5.92 Å². The summed E-state index contributed by atoms with van der Waals surface area (Å²) in [6.07, 6.45) is 3.59. The van der Waals surface area contributed by atoms with Crippen molar-refractivity contribution >= 4 is 33.9 Å². The van der Waals surface area contributed by atoms with Gasteiger partial charge in [-0.15, -0.1) is 0 Å². The molecule has 1 saturated carbocycles. The van der Waals surface area contributed by atoms with E-state index in [0.29, 0.717) is 5.57 Å². The van der Waals surface area contributed by atoms with Crippen molar-refractivity contribution in [3.8, 4) is 0 Å². The predicted octanol–water partition coefficient (Wildman–Crippen LogP) is 4.04. The van der Waals surface area contributed by atoms with E-state index in [2.05, 4.69) is 35.5 Å². The highest BCUT2D eigenvalue weighted by Crippen LogP contribution is 2.42. The molecule has 0 unspecified atom stereocenters. The lowest BCUT2D eigenvalue weighted by Crippen LogP contribution is -2.40. The van der Waals surface area contributed by atoms with E-state index in [4.69, 9.17) is 0 Å². The molecule has 28 heavy (non-hydrogen) atoms. The van der Waals surface area contributed by atoms with Crippen molar-refractivity contribution in [2.45, 2.75) is 25.2 Å². The number of hydrogen-bond acceptors (Lipinski definition) is 2. The molecule has 3 aromatic rings. The molecule has 0 bridgehead atoms. The summed E-state index contributed by atoms with van der Waals surface area (Å²) >= 11 is 0. The number of aromatic nitrogens is 1. The van der Waals surface area contributed by atoms with Crippen molar-refractivity contribution in [3.63, 3.8) is 0 Å². The topological polar surface area (TPSA) is 52.9 Å². The van der Waals surface area contributed by atoms with E-state index in [1.165, 1.54) is 5.56 Å². The molecule has 2 aromatic carbocycles. The summed E-state index contributed by atoms with van der Waals surface area (Å²) in [5, 5.41) is 0.937. The molecule has 2 aliphatic rings. The average Bonchev–Trinajstić information content (AvgIpc) is 3.19. The lowest BCUT2D eigenvalue weighted by atomic mass is 9.71. The number of hydrogen-bond donors (Lipinski definition) is 1. The van der Waals surface area contributed by atoms with E-state index in [1.807, 2.05) is 43.4 Å². The van der Waals surface area contributed by atoms with Crippen LogP contribution in [0.25, 0.3) is 10.9 Å². The van der Waals surface area contributed by atoms with Gasteiger partial charge in [0.2, 0.25) is 5.69 Å². The molecule has 0 amide bonds. The van der Waals surface area contributed by atoms with Crippen molar-refractivity contribution in [1.29, 1.82) is 0 Å². The Labute approximate surface area is 163 Å². The van der Waals surface area contributed by atoms with Crippen LogP contribution in [0.5, 0.6) is 0 Å². The number of H-pyrrole nitrogens is 1. The molecule has 1 N–H and O–H groups in total. The third-order valence-corrected chi connectivity index (χ3v) is 6.21. The van der Waals surface area contributed by atoms with Gasteiger partial charge in [0.25, 0.3) is 0 Å². The van der Waals surface area contributed by atoms with Gasteiger partial charge >= 0.3 is 0 Å². The van der Waals surface area contributed by atoms with Gasteiger partial charge in [0.15, 0.2) is 17.3 Å². The van der Waals surface area contributed by atoms with Gasteiger partial charge in [0, 0.05) is 34.8 Å². The van der Waals surface area contributed by atoms with Crippen LogP contribution in [0.1, 0.15) is 30.9 Å². The molecule has 1 aromatic heterocycles. The highest BCUT2D eigenvalue weighted by atomic mass is 16.2. The van der Waals surface area contributed by atoms with Crippen LogP contribution in [0.3, 0.4) is 0 Å². The molecule has 1 aliphatic carbocycles. The zero-order valence-electron chi connectivity index (χ0n) is 16.1. The Hall–Kier alpha value is -3.27. The number of benzene rings is 2. The Bertz CT molecular complexity index is 1220. The summed E-state index contributed by atoms with van der Waals surface area (Å²) in [6, 6.07) is 16.0. The Morgan fingerprint density at radius 2 is 1.68 bits per heavy atom. The fourth-order valence-electron chi connectivity index (χ4n) is 4.63. The summed E-state index contributed by atoms with van der Waals surface area (Å²) in [5.41, 5.74) is 5.06. The smallest absolute Gasteiger partial charge is 0.209 e. The molecular weight excluding hydrogens is 348 g/mol. The molecule has 0 atom stereocenters. The Balaban J connectivity index is 1.54. The van der Waals surface area contributed by atoms with E-state index in [0.717, 1.165) is 27.9 Å². The number of carbonyl (C=O) groups is 2. The first-order chi connectivity index (χ1) is 13.4. The minimum absolute atomic E-state index is 0.0950. The largest absolute Gasteiger partial charge is 0.361 e. The minimum Gasteiger partial charge on any atom is -0.361 e. The highest BCUT2D eigenvalue weighted by Gasteiger charge is 2.49. The number of nitrogens with one attached hydrogen (secondary N) is 1. The molecule has 1 aliphatic heterocycles. The van der Waals surface area contributed by atoms with Gasteiger partial charge in [-0.1, -0.05) is 36.4 Å². The van der Waals surface area contributed by atoms with E-state index in [1.54, 1.807) is 12.3 Å². The van der Waals surface area contributed by atoms with Gasteiger partial charge in [-0.25, -0.2) is 0 Å². The minimum atomic E-state index is -0.694. The molecule has 4 heteroatoms. The Kier molecular flexibility index (Phi) is 3.38. The van der Waals surface area contributed by atoms with E-state index in [-0.39, 0.29) is 17.0 Å². The number of allylic oxidation sites excluding steroid dienone is 2. The SMILES string of the molecule is C[N+]1=C(C=C2C(=O)C(c3c[nH]c4ccccc34)C2=O)C(C)(C)c2ccccc21. The zero-order valence-corrected chi connectivity index (χ0v) is 16.1. The summed E-state index contributed by atoms with van der Waals surface area (Å²) in [5.74, 6) is -0.884. The first-order valence-corrected chi connectivity index (χ1v) is 9.48. The molecule has 2 heterocycles. The van der Waals surface area contributed by atoms with Crippen LogP contribution in [-0.2, 0) is 15.0 Å². The zero-order chi connectivity index (χ0) is 19.6. The number of ketones is 2. The number of fused-ring (bicyclic) bond motifs is 2. The summed E-state index contributed by atoms with van der Waals surface area (Å²) in [7, 11) is 1.99. The van der Waals surface area contributed by atoms with Gasteiger partial charge in [-0.3, -0.25) is 9.59 Å². The molecular formula is C24H21N2O2+. The van der Waals surface area contributed by atoms with Gasteiger partial charge in [-0.05, 0) is 25.5 Å². The van der Waals surface area contributed by atoms with Crippen LogP contribution in [0.4, 0.5) is 5.69 Å². The Morgan fingerprint density at radius 3 is 2.43 bits per heavy atom. The van der Waals surface area contributed by atoms with Gasteiger partial charge < -0.3 is 4.98 Å². The highest BCUT2D eigenvalue weighted by molar-refractivity contribution is 6.43. The van der Waals surface area contributed by atoms with Gasteiger partial charge in [0.1, 0.15) is 13.0 Å². The maximum atomic E-state index is 13.0. The number of Topliss-reactive ketones (excluding diaryl/α,β-unsaturated/α-hetero) is 2. The second-order valence-electron chi connectivity index (χ2n) is 8.10. The van der Waals surface area contributed by atoms with Crippen LogP contribution < -0.4 is 0 Å². The number of nitrogens with zero attached hydrogens (tertiary/aromatic N) is 1. The van der Waals surface area contributed by atoms with Crippen molar-refractivity contribution in [2.75, 3.05) is 7.05 Å². The van der Waals surface area contributed by atoms with Crippen LogP contribution in [-0.4, -0.2) is 33.9 Å². The molecule has 0 radical (unpaired) electrons. The van der Waals surface area contributed by atoms with Gasteiger partial charge in [0.05, 0.1) is 11.0 Å². The quantitative estimate of drug-likeness (QED) is 0.321. The van der Waals surface area contributed by atoms with Crippen molar-refractivity contribution < 1.29 is 14.2 Å². The van der Waals surface area contributed by atoms with Gasteiger partial charge in [-0.2, -0.15) is 4.58 Å². The second-order valence-corrected chi connectivity index (χ2v) is 8.10. The lowest BCUT2D eigenvalue weighted by Gasteiger charge is -2.26. The number of carbonyl (C=O) groups excluding carboxylic acids is 2. The standard InChI is InChI=1S/C24H20N2O2/c1-24(2)17-9-5-7-11-19(17)26(3)20(24)12-15-22(27)21(23(15)28)16-13-25-18-10-6-4-8-14(16)18/h4-13,21H,1-3H3/p+1. The fourth-order valence-corrected chi connectivity index (χ4v) is 4.63. The summed E-state index contributed by atoms with van der Waals surface area (Å²) < 4.78 is 2.09. The maximum Gasteiger partial charge on any atom is 0.209 e. The summed E-state index contributed by atoms with van der Waals surface area (Å²) in [4.78, 5) is 29.1. The maximum absolute atomic E-state index is 13.0. The van der Waals surface area contributed by atoms with Crippen LogP contribution in [0, 0.1) is 0 Å². The molecule has 4 nitrogen and oxygen atoms in total. The van der Waals surface area contributed by atoms with Crippen LogP contribution in [0.15, 0.2) is 66.4 Å². The van der Waals surface area contributed by atoms with Crippen molar-refractivity contribution in [2.24, 2.45) is 0 Å². The molecule has 138 valence electrons. The second kappa shape index (κ2) is 5.61. The lowest BCUT2D eigenvalue weighted by molar-refractivity contribution is -0.401. The van der Waals surface area contributed by atoms with E-state index in [9.17, 15) is 9.59 Å². The monoisotopic (exact) mass is 369 g/mol. The average molecular weight is 369 g/mol. The number of rotatable bonds is 2. The van der Waals surface area contributed by atoms with Crippen molar-refractivity contribution in [3.05, 3.63) is 77.5 Å². The fraction of sp³-hybridized carbons (Fsp3) is 0.208. The molecule has 0 spiro atoms. The van der Waals surface area contributed by atoms with Crippen LogP contribution in [0.2, 0.25) is 0 Å². The molecule has 0 saturated heterocycles. The number of para-hydroxylation sites is 2. The first-order valence-electron chi connectivity index (χ1n) is 9.48.